The van der Waals surface area contributed by atoms with Crippen LogP contribution in [0.3, 0.4) is 0 Å². The van der Waals surface area contributed by atoms with Crippen LogP contribution in [-0.4, -0.2) is 29.0 Å². The number of rotatable bonds is 3. The predicted octanol–water partition coefficient (Wildman–Crippen LogP) is 2.41. The topological polar surface area (TPSA) is 21.6 Å². The van der Waals surface area contributed by atoms with Crippen LogP contribution in [-0.2, 0) is 4.74 Å². The molecule has 68 valence electrons. The van der Waals surface area contributed by atoms with Gasteiger partial charge in [-0.1, -0.05) is 0 Å². The van der Waals surface area contributed by atoms with Gasteiger partial charge in [0.2, 0.25) is 5.16 Å². The van der Waals surface area contributed by atoms with Crippen molar-refractivity contribution in [3.05, 3.63) is 11.4 Å². The molecular formula is C6H8BrCl2N2O+. The van der Waals surface area contributed by atoms with Crippen LogP contribution in [0.1, 0.15) is 0 Å². The molecule has 0 radical (unpaired) electrons. The first kappa shape index (κ1) is 10.5. The first-order valence-electron chi connectivity index (χ1n) is 3.28. The first-order valence-corrected chi connectivity index (χ1v) is 4.79. The molecule has 0 aliphatic carbocycles. The molecule has 1 heterocycles. The summed E-state index contributed by atoms with van der Waals surface area (Å²) < 4.78 is 5.46. The zero-order valence-corrected chi connectivity index (χ0v) is 9.53. The Morgan fingerprint density at radius 2 is 2.42 bits per heavy atom. The maximum absolute atomic E-state index is 6.13. The molecule has 0 saturated carbocycles. The van der Waals surface area contributed by atoms with Gasteiger partial charge in [0.05, 0.1) is 6.61 Å². The Kier molecular flexibility index (Phi) is 3.55. The first-order chi connectivity index (χ1) is 5.61. The lowest BCUT2D eigenvalue weighted by Gasteiger charge is -2.20. The quantitative estimate of drug-likeness (QED) is 0.572. The molecule has 0 spiro atoms. The number of nitrogens with zero attached hydrogens (tertiary/aromatic N) is 2. The third kappa shape index (κ3) is 1.83. The SMILES string of the molecule is COCC[N+]1(Cl)C(Cl)=CN=C1Br. The lowest BCUT2D eigenvalue weighted by Crippen LogP contribution is -2.38. The summed E-state index contributed by atoms with van der Waals surface area (Å²) >= 11 is 15.2. The van der Waals surface area contributed by atoms with E-state index in [1.807, 2.05) is 0 Å². The Bertz CT molecular complexity index is 224. The second-order valence-corrected chi connectivity index (χ2v) is 3.96. The van der Waals surface area contributed by atoms with Gasteiger partial charge in [-0.3, -0.25) is 0 Å². The van der Waals surface area contributed by atoms with Gasteiger partial charge in [-0.25, -0.2) is 0 Å². The Labute approximate surface area is 89.4 Å². The molecule has 1 rings (SSSR count). The van der Waals surface area contributed by atoms with Crippen LogP contribution < -0.4 is 0 Å². The fourth-order valence-corrected chi connectivity index (χ4v) is 1.74. The molecule has 1 unspecified atom stereocenters. The summed E-state index contributed by atoms with van der Waals surface area (Å²) in [5, 5.41) is 0.473. The molecule has 1 aliphatic heterocycles. The van der Waals surface area contributed by atoms with Crippen molar-refractivity contribution in [3.63, 3.8) is 0 Å². The Morgan fingerprint density at radius 3 is 2.83 bits per heavy atom. The molecule has 0 bridgehead atoms. The van der Waals surface area contributed by atoms with Gasteiger partial charge in [-0.2, -0.15) is 4.99 Å². The Morgan fingerprint density at radius 1 is 1.75 bits per heavy atom. The molecule has 0 N–H and O–H groups in total. The highest BCUT2D eigenvalue weighted by Gasteiger charge is 2.40. The molecule has 1 atom stereocenters. The monoisotopic (exact) mass is 273 g/mol. The van der Waals surface area contributed by atoms with E-state index in [1.165, 1.54) is 6.20 Å². The maximum Gasteiger partial charge on any atom is 0.295 e. The van der Waals surface area contributed by atoms with Crippen LogP contribution in [0, 0.1) is 0 Å². The van der Waals surface area contributed by atoms with Gasteiger partial charge in [0.15, 0.2) is 11.8 Å². The van der Waals surface area contributed by atoms with Crippen molar-refractivity contribution in [3.8, 4) is 0 Å². The minimum absolute atomic E-state index is 0.0323. The fourth-order valence-electron chi connectivity index (χ4n) is 0.794. The minimum Gasteiger partial charge on any atom is -0.379 e. The van der Waals surface area contributed by atoms with Crippen molar-refractivity contribution in [1.82, 2.24) is 0 Å². The molecule has 0 aromatic carbocycles. The maximum atomic E-state index is 6.13. The average Bonchev–Trinajstić information content (AvgIpc) is 2.30. The van der Waals surface area contributed by atoms with E-state index >= 15 is 0 Å². The van der Waals surface area contributed by atoms with Crippen LogP contribution in [0.5, 0.6) is 0 Å². The van der Waals surface area contributed by atoms with Crippen LogP contribution >= 0.6 is 39.3 Å². The van der Waals surface area contributed by atoms with E-state index in [0.29, 0.717) is 23.1 Å². The van der Waals surface area contributed by atoms with Gasteiger partial charge in [0, 0.05) is 23.0 Å². The molecule has 12 heavy (non-hydrogen) atoms. The van der Waals surface area contributed by atoms with E-state index in [1.54, 1.807) is 7.11 Å². The van der Waals surface area contributed by atoms with E-state index in [-0.39, 0.29) is 4.00 Å². The average molecular weight is 275 g/mol. The van der Waals surface area contributed by atoms with Crippen LogP contribution in [0.2, 0.25) is 0 Å². The molecule has 0 amide bonds. The van der Waals surface area contributed by atoms with Gasteiger partial charge < -0.3 is 4.74 Å². The van der Waals surface area contributed by atoms with Crippen LogP contribution in [0.25, 0.3) is 0 Å². The number of aliphatic imine (C=N–C) groups is 1. The molecule has 0 aromatic rings. The van der Waals surface area contributed by atoms with E-state index in [4.69, 9.17) is 28.1 Å². The van der Waals surface area contributed by atoms with Gasteiger partial charge in [0.1, 0.15) is 12.7 Å². The molecular weight excluding hydrogens is 267 g/mol. The van der Waals surface area contributed by atoms with Crippen molar-refractivity contribution in [2.24, 2.45) is 4.99 Å². The summed E-state index contributed by atoms with van der Waals surface area (Å²) in [6, 6.07) is 0. The highest BCUT2D eigenvalue weighted by Crippen LogP contribution is 2.33. The third-order valence-electron chi connectivity index (χ3n) is 1.51. The van der Waals surface area contributed by atoms with Crippen LogP contribution in [0.15, 0.2) is 16.3 Å². The summed E-state index contributed by atoms with van der Waals surface area (Å²) in [7, 11) is 1.61. The van der Waals surface area contributed by atoms with E-state index < -0.39 is 0 Å². The molecule has 6 heteroatoms. The summed E-state index contributed by atoms with van der Waals surface area (Å²) in [6.45, 7) is 1.08. The molecule has 3 nitrogen and oxygen atoms in total. The number of hydrogen-bond donors (Lipinski definition) is 0. The van der Waals surface area contributed by atoms with E-state index in [0.717, 1.165) is 0 Å². The predicted molar refractivity (Wildman–Crippen MR) is 53.2 cm³/mol. The van der Waals surface area contributed by atoms with E-state index in [2.05, 4.69) is 20.9 Å². The summed E-state index contributed by atoms with van der Waals surface area (Å²) in [4.78, 5) is 3.95. The van der Waals surface area contributed by atoms with Gasteiger partial charge in [0.25, 0.3) is 4.74 Å². The van der Waals surface area contributed by atoms with E-state index in [9.17, 15) is 0 Å². The molecule has 0 fully saturated rings. The van der Waals surface area contributed by atoms with Crippen molar-refractivity contribution in [2.75, 3.05) is 20.3 Å². The Hall–Kier alpha value is 0.390. The lowest BCUT2D eigenvalue weighted by atomic mass is 10.6. The lowest BCUT2D eigenvalue weighted by molar-refractivity contribution is -0.660. The minimum atomic E-state index is -0.0323. The number of methoxy groups -OCH3 is 1. The molecule has 0 aromatic heterocycles. The van der Waals surface area contributed by atoms with Crippen molar-refractivity contribution in [2.45, 2.75) is 0 Å². The summed E-state index contributed by atoms with van der Waals surface area (Å²) in [5.41, 5.74) is 0. The summed E-state index contributed by atoms with van der Waals surface area (Å²) in [6.07, 6.45) is 1.52. The normalized spacial score (nSPS) is 28.7. The molecule has 0 saturated heterocycles. The Balaban J connectivity index is 2.69. The second-order valence-electron chi connectivity index (χ2n) is 2.28. The number of amidine groups is 1. The van der Waals surface area contributed by atoms with Crippen molar-refractivity contribution < 1.29 is 8.74 Å². The second kappa shape index (κ2) is 4.07. The standard InChI is InChI=1S/C6H8BrCl2N2O/c1-12-3-2-11(9)5(8)4-10-6(11)7/h4H,2-3H2,1H3/q+1. The number of hydrogen-bond acceptors (Lipinski definition) is 2. The number of halogens is 3. The molecule has 1 aliphatic rings. The van der Waals surface area contributed by atoms with Gasteiger partial charge >= 0.3 is 0 Å². The highest BCUT2D eigenvalue weighted by atomic mass is 79.9. The highest BCUT2D eigenvalue weighted by molar-refractivity contribution is 9.18. The van der Waals surface area contributed by atoms with Gasteiger partial charge in [-0.15, -0.1) is 4.00 Å². The largest absolute Gasteiger partial charge is 0.379 e. The van der Waals surface area contributed by atoms with Gasteiger partial charge in [-0.05, 0) is 11.6 Å². The van der Waals surface area contributed by atoms with Crippen LogP contribution in [0.4, 0.5) is 0 Å². The zero-order valence-electron chi connectivity index (χ0n) is 6.43. The smallest absolute Gasteiger partial charge is 0.295 e. The zero-order chi connectivity index (χ0) is 9.19. The summed E-state index contributed by atoms with van der Waals surface area (Å²) in [5.74, 6) is 0. The number of quaternary nitrogens is 1. The third-order valence-corrected chi connectivity index (χ3v) is 3.51. The van der Waals surface area contributed by atoms with Crippen molar-refractivity contribution >= 4 is 44.1 Å². The number of ether oxygens (including phenoxy) is 1. The van der Waals surface area contributed by atoms with Crippen molar-refractivity contribution in [1.29, 1.82) is 0 Å². The fraction of sp³-hybridized carbons (Fsp3) is 0.500.